The molecule has 0 unspecified atom stereocenters. The lowest BCUT2D eigenvalue weighted by atomic mass is 10.2. The number of fused-ring (bicyclic) bond motifs is 1. The molecule has 0 bridgehead atoms. The van der Waals surface area contributed by atoms with E-state index in [1.807, 2.05) is 0 Å². The standard InChI is InChI=1S/C18H15F3N4O3/c1-28-12-8-6-11(7-9-12)16(27)24-23-15(26)10-25-14-5-3-2-4-13(14)22-17(25)18(19,20)21/h2-9H,10H2,1H3,(H,23,26)(H,24,27). The first kappa shape index (κ1) is 19.2. The molecule has 28 heavy (non-hydrogen) atoms. The molecule has 0 atom stereocenters. The topological polar surface area (TPSA) is 85.3 Å². The minimum atomic E-state index is -4.73. The molecular formula is C18H15F3N4O3. The average molecular weight is 392 g/mol. The van der Waals surface area contributed by atoms with Crippen LogP contribution in [0.5, 0.6) is 5.75 Å². The van der Waals surface area contributed by atoms with E-state index in [2.05, 4.69) is 15.8 Å². The number of hydrogen-bond donors (Lipinski definition) is 2. The molecule has 2 amide bonds. The number of carbonyl (C=O) groups excluding carboxylic acids is 2. The van der Waals surface area contributed by atoms with Gasteiger partial charge in [0.25, 0.3) is 11.8 Å². The maximum absolute atomic E-state index is 13.2. The Bertz CT molecular complexity index is 1010. The third-order valence-electron chi connectivity index (χ3n) is 3.88. The van der Waals surface area contributed by atoms with Crippen LogP contribution in [0.2, 0.25) is 0 Å². The number of carbonyl (C=O) groups is 2. The molecule has 146 valence electrons. The highest BCUT2D eigenvalue weighted by molar-refractivity contribution is 5.95. The first-order valence-corrected chi connectivity index (χ1v) is 8.05. The normalized spacial score (nSPS) is 11.3. The predicted molar refractivity (Wildman–Crippen MR) is 93.3 cm³/mol. The lowest BCUT2D eigenvalue weighted by Crippen LogP contribution is -2.43. The number of nitrogens with zero attached hydrogens (tertiary/aromatic N) is 2. The van der Waals surface area contributed by atoms with Crippen LogP contribution in [0.1, 0.15) is 16.2 Å². The number of aromatic nitrogens is 2. The Morgan fingerprint density at radius 1 is 1.07 bits per heavy atom. The lowest BCUT2D eigenvalue weighted by molar-refractivity contribution is -0.147. The van der Waals surface area contributed by atoms with Crippen molar-refractivity contribution in [2.24, 2.45) is 0 Å². The molecule has 1 heterocycles. The Hall–Kier alpha value is -3.56. The Kier molecular flexibility index (Phi) is 5.21. The number of benzene rings is 2. The summed E-state index contributed by atoms with van der Waals surface area (Å²) in [5.41, 5.74) is 4.78. The van der Waals surface area contributed by atoms with Crippen LogP contribution in [0.25, 0.3) is 11.0 Å². The summed E-state index contributed by atoms with van der Waals surface area (Å²) in [7, 11) is 1.48. The van der Waals surface area contributed by atoms with Gasteiger partial charge in [-0.1, -0.05) is 12.1 Å². The monoisotopic (exact) mass is 392 g/mol. The Balaban J connectivity index is 1.72. The van der Waals surface area contributed by atoms with Crippen molar-refractivity contribution in [3.63, 3.8) is 0 Å². The van der Waals surface area contributed by atoms with E-state index in [4.69, 9.17) is 4.74 Å². The summed E-state index contributed by atoms with van der Waals surface area (Å²) in [5, 5.41) is 0. The van der Waals surface area contributed by atoms with Gasteiger partial charge in [-0.05, 0) is 36.4 Å². The van der Waals surface area contributed by atoms with Crippen LogP contribution in [0.3, 0.4) is 0 Å². The third kappa shape index (κ3) is 4.05. The molecular weight excluding hydrogens is 377 g/mol. The number of nitrogens with one attached hydrogen (secondary N) is 2. The van der Waals surface area contributed by atoms with Gasteiger partial charge in [-0.15, -0.1) is 0 Å². The Labute approximate surface area is 157 Å². The van der Waals surface area contributed by atoms with Crippen LogP contribution in [0, 0.1) is 0 Å². The number of hydrazine groups is 1. The molecule has 0 fully saturated rings. The summed E-state index contributed by atoms with van der Waals surface area (Å²) in [5.74, 6) is -2.10. The van der Waals surface area contributed by atoms with E-state index in [-0.39, 0.29) is 16.6 Å². The van der Waals surface area contributed by atoms with E-state index < -0.39 is 30.4 Å². The zero-order chi connectivity index (χ0) is 20.3. The van der Waals surface area contributed by atoms with Crippen molar-refractivity contribution >= 4 is 22.8 Å². The predicted octanol–water partition coefficient (Wildman–Crippen LogP) is 2.52. The molecule has 7 nitrogen and oxygen atoms in total. The van der Waals surface area contributed by atoms with Gasteiger partial charge in [0.2, 0.25) is 5.82 Å². The average Bonchev–Trinajstić information content (AvgIpc) is 3.05. The number of amides is 2. The van der Waals surface area contributed by atoms with Crippen molar-refractivity contribution in [1.82, 2.24) is 20.4 Å². The largest absolute Gasteiger partial charge is 0.497 e. The highest BCUT2D eigenvalue weighted by atomic mass is 19.4. The minimum absolute atomic E-state index is 0.116. The fraction of sp³-hybridized carbons (Fsp3) is 0.167. The number of rotatable bonds is 4. The van der Waals surface area contributed by atoms with E-state index in [1.165, 1.54) is 31.4 Å². The lowest BCUT2D eigenvalue weighted by Gasteiger charge is -2.12. The summed E-state index contributed by atoms with van der Waals surface area (Å²) in [6.45, 7) is -0.668. The SMILES string of the molecule is COc1ccc(C(=O)NNC(=O)Cn2c(C(F)(F)F)nc3ccccc32)cc1. The molecule has 0 saturated heterocycles. The number of methoxy groups -OCH3 is 1. The van der Waals surface area contributed by atoms with Gasteiger partial charge in [0, 0.05) is 5.56 Å². The molecule has 3 aromatic rings. The van der Waals surface area contributed by atoms with Crippen LogP contribution in [0.4, 0.5) is 13.2 Å². The summed E-state index contributed by atoms with van der Waals surface area (Å²) < 4.78 is 45.4. The summed E-state index contributed by atoms with van der Waals surface area (Å²) >= 11 is 0. The van der Waals surface area contributed by atoms with Gasteiger partial charge in [0.05, 0.1) is 18.1 Å². The van der Waals surface area contributed by atoms with Crippen LogP contribution in [-0.4, -0.2) is 28.5 Å². The van der Waals surface area contributed by atoms with E-state index in [1.54, 1.807) is 24.3 Å². The van der Waals surface area contributed by atoms with Crippen LogP contribution in [0.15, 0.2) is 48.5 Å². The van der Waals surface area contributed by atoms with Crippen LogP contribution >= 0.6 is 0 Å². The molecule has 0 aliphatic carbocycles. The van der Waals surface area contributed by atoms with Gasteiger partial charge in [0.1, 0.15) is 12.3 Å². The van der Waals surface area contributed by atoms with Crippen molar-refractivity contribution in [1.29, 1.82) is 0 Å². The number of halogens is 3. The molecule has 2 N–H and O–H groups in total. The van der Waals surface area contributed by atoms with Crippen molar-refractivity contribution in [3.8, 4) is 5.75 Å². The fourth-order valence-electron chi connectivity index (χ4n) is 2.58. The van der Waals surface area contributed by atoms with Gasteiger partial charge < -0.3 is 9.30 Å². The molecule has 0 radical (unpaired) electrons. The van der Waals surface area contributed by atoms with Crippen molar-refractivity contribution in [2.75, 3.05) is 7.11 Å². The second-order valence-corrected chi connectivity index (χ2v) is 5.74. The molecule has 0 aliphatic rings. The zero-order valence-corrected chi connectivity index (χ0v) is 14.6. The van der Waals surface area contributed by atoms with E-state index in [9.17, 15) is 22.8 Å². The molecule has 0 spiro atoms. The van der Waals surface area contributed by atoms with Gasteiger partial charge >= 0.3 is 6.18 Å². The first-order chi connectivity index (χ1) is 13.3. The van der Waals surface area contributed by atoms with Crippen LogP contribution < -0.4 is 15.6 Å². The van der Waals surface area contributed by atoms with E-state index in [0.717, 1.165) is 4.57 Å². The van der Waals surface area contributed by atoms with Gasteiger partial charge in [-0.3, -0.25) is 20.4 Å². The third-order valence-corrected chi connectivity index (χ3v) is 3.88. The molecule has 0 saturated carbocycles. The molecule has 2 aromatic carbocycles. The number of para-hydroxylation sites is 2. The number of hydrogen-bond acceptors (Lipinski definition) is 4. The second-order valence-electron chi connectivity index (χ2n) is 5.74. The van der Waals surface area contributed by atoms with Crippen molar-refractivity contribution in [2.45, 2.75) is 12.7 Å². The minimum Gasteiger partial charge on any atom is -0.497 e. The number of ether oxygens (including phenoxy) is 1. The number of alkyl halides is 3. The van der Waals surface area contributed by atoms with Gasteiger partial charge in [-0.2, -0.15) is 13.2 Å². The van der Waals surface area contributed by atoms with Crippen LogP contribution in [-0.2, 0) is 17.5 Å². The molecule has 3 rings (SSSR count). The maximum atomic E-state index is 13.2. The summed E-state index contributed by atoms with van der Waals surface area (Å²) in [4.78, 5) is 27.7. The van der Waals surface area contributed by atoms with Crippen molar-refractivity contribution < 1.29 is 27.5 Å². The Morgan fingerprint density at radius 2 is 1.75 bits per heavy atom. The zero-order valence-electron chi connectivity index (χ0n) is 14.6. The second kappa shape index (κ2) is 7.59. The van der Waals surface area contributed by atoms with E-state index in [0.29, 0.717) is 5.75 Å². The summed E-state index contributed by atoms with van der Waals surface area (Å²) in [6, 6.07) is 12.0. The smallest absolute Gasteiger partial charge is 0.449 e. The highest BCUT2D eigenvalue weighted by Crippen LogP contribution is 2.31. The quantitative estimate of drug-likeness (QED) is 0.669. The van der Waals surface area contributed by atoms with Gasteiger partial charge in [0.15, 0.2) is 0 Å². The maximum Gasteiger partial charge on any atom is 0.449 e. The fourth-order valence-corrected chi connectivity index (χ4v) is 2.58. The molecule has 10 heteroatoms. The van der Waals surface area contributed by atoms with Gasteiger partial charge in [-0.25, -0.2) is 4.98 Å². The highest BCUT2D eigenvalue weighted by Gasteiger charge is 2.38. The number of imidazole rings is 1. The molecule has 1 aromatic heterocycles. The summed E-state index contributed by atoms with van der Waals surface area (Å²) in [6.07, 6.45) is -4.73. The first-order valence-electron chi connectivity index (χ1n) is 8.05. The van der Waals surface area contributed by atoms with E-state index >= 15 is 0 Å². The molecule has 0 aliphatic heterocycles. The van der Waals surface area contributed by atoms with Crippen molar-refractivity contribution in [3.05, 3.63) is 59.9 Å². The Morgan fingerprint density at radius 3 is 2.39 bits per heavy atom.